The summed E-state index contributed by atoms with van der Waals surface area (Å²) in [5.41, 5.74) is 4.28. The molecule has 0 aliphatic carbocycles. The number of benzene rings is 3. The molecule has 1 unspecified atom stereocenters. The number of hydrogen-bond donors (Lipinski definition) is 0. The van der Waals surface area contributed by atoms with Gasteiger partial charge in [-0.2, -0.15) is 0 Å². The van der Waals surface area contributed by atoms with Gasteiger partial charge in [-0.1, -0.05) is 64.8 Å². The number of halogens is 2. The minimum absolute atomic E-state index is 0.133. The van der Waals surface area contributed by atoms with E-state index in [1.54, 1.807) is 7.11 Å². The van der Waals surface area contributed by atoms with Crippen LogP contribution in [-0.2, 0) is 6.54 Å². The molecule has 1 heterocycles. The molecule has 5 heteroatoms. The van der Waals surface area contributed by atoms with E-state index in [2.05, 4.69) is 63.8 Å². The summed E-state index contributed by atoms with van der Waals surface area (Å²) in [5.74, 6) is 1.94. The predicted molar refractivity (Wildman–Crippen MR) is 118 cm³/mol. The Labute approximate surface area is 178 Å². The first kappa shape index (κ1) is 19.0. The molecule has 1 atom stereocenters. The first-order chi connectivity index (χ1) is 13.6. The maximum atomic E-state index is 6.45. The Morgan fingerprint density at radius 2 is 1.82 bits per heavy atom. The van der Waals surface area contributed by atoms with Crippen LogP contribution in [0.5, 0.6) is 5.75 Å². The van der Waals surface area contributed by atoms with Crippen LogP contribution in [0.25, 0.3) is 11.0 Å². The van der Waals surface area contributed by atoms with Crippen molar-refractivity contribution in [2.24, 2.45) is 0 Å². The van der Waals surface area contributed by atoms with E-state index in [4.69, 9.17) is 21.3 Å². The fourth-order valence-corrected chi connectivity index (χ4v) is 3.91. The van der Waals surface area contributed by atoms with Crippen LogP contribution < -0.4 is 4.74 Å². The molecular weight excluding hydrogens is 436 g/mol. The molecule has 4 rings (SSSR count). The molecule has 4 aromatic rings. The van der Waals surface area contributed by atoms with Crippen LogP contribution in [0.2, 0.25) is 5.02 Å². The molecule has 0 aliphatic heterocycles. The van der Waals surface area contributed by atoms with Gasteiger partial charge < -0.3 is 9.30 Å². The molecule has 0 bridgehead atoms. The molecule has 3 nitrogen and oxygen atoms in total. The summed E-state index contributed by atoms with van der Waals surface area (Å²) in [7, 11) is 1.67. The molecule has 0 spiro atoms. The summed E-state index contributed by atoms with van der Waals surface area (Å²) < 4.78 is 8.71. The second-order valence-corrected chi connectivity index (χ2v) is 8.10. The second kappa shape index (κ2) is 7.98. The molecule has 0 amide bonds. The third kappa shape index (κ3) is 3.67. The van der Waals surface area contributed by atoms with Gasteiger partial charge in [-0.3, -0.25) is 0 Å². The van der Waals surface area contributed by atoms with Gasteiger partial charge in [0.25, 0.3) is 0 Å². The van der Waals surface area contributed by atoms with Gasteiger partial charge in [0.2, 0.25) is 0 Å². The van der Waals surface area contributed by atoms with E-state index in [-0.39, 0.29) is 5.92 Å². The van der Waals surface area contributed by atoms with Crippen LogP contribution in [0, 0.1) is 0 Å². The number of methoxy groups -OCH3 is 1. The predicted octanol–water partition coefficient (Wildman–Crippen LogP) is 6.66. The van der Waals surface area contributed by atoms with Gasteiger partial charge in [0.15, 0.2) is 0 Å². The van der Waals surface area contributed by atoms with Crippen molar-refractivity contribution in [1.82, 2.24) is 9.55 Å². The Bertz CT molecular complexity index is 1120. The summed E-state index contributed by atoms with van der Waals surface area (Å²) in [6.07, 6.45) is 0. The Kier molecular flexibility index (Phi) is 5.42. The normalized spacial score (nSPS) is 12.3. The second-order valence-electron chi connectivity index (χ2n) is 6.78. The molecule has 0 aliphatic rings. The first-order valence-electron chi connectivity index (χ1n) is 9.10. The molecule has 1 aromatic heterocycles. The highest BCUT2D eigenvalue weighted by Gasteiger charge is 2.19. The van der Waals surface area contributed by atoms with Crippen LogP contribution in [0.15, 0.2) is 71.2 Å². The van der Waals surface area contributed by atoms with Gasteiger partial charge in [0, 0.05) is 21.5 Å². The molecule has 3 aromatic carbocycles. The minimum atomic E-state index is 0.133. The Hall–Kier alpha value is -2.30. The molecule has 0 radical (unpaired) electrons. The zero-order valence-corrected chi connectivity index (χ0v) is 18.0. The lowest BCUT2D eigenvalue weighted by Crippen LogP contribution is -2.09. The van der Waals surface area contributed by atoms with Crippen molar-refractivity contribution in [3.63, 3.8) is 0 Å². The van der Waals surface area contributed by atoms with E-state index in [1.807, 2.05) is 30.3 Å². The zero-order chi connectivity index (χ0) is 19.7. The molecule has 0 saturated heterocycles. The average Bonchev–Trinajstić information content (AvgIpc) is 3.07. The highest BCUT2D eigenvalue weighted by molar-refractivity contribution is 9.10. The highest BCUT2D eigenvalue weighted by Crippen LogP contribution is 2.31. The lowest BCUT2D eigenvalue weighted by Gasteiger charge is -2.16. The maximum absolute atomic E-state index is 6.45. The lowest BCUT2D eigenvalue weighted by atomic mass is 10.0. The van der Waals surface area contributed by atoms with Crippen molar-refractivity contribution < 1.29 is 4.74 Å². The van der Waals surface area contributed by atoms with Gasteiger partial charge in [-0.05, 0) is 41.5 Å². The van der Waals surface area contributed by atoms with Gasteiger partial charge in [0.05, 0.1) is 24.7 Å². The van der Waals surface area contributed by atoms with E-state index in [0.717, 1.165) is 37.7 Å². The van der Waals surface area contributed by atoms with Gasteiger partial charge in [0.1, 0.15) is 11.6 Å². The van der Waals surface area contributed by atoms with E-state index in [9.17, 15) is 0 Å². The van der Waals surface area contributed by atoms with Crippen molar-refractivity contribution in [3.05, 3.63) is 93.2 Å². The maximum Gasteiger partial charge on any atom is 0.121 e. The van der Waals surface area contributed by atoms with Crippen molar-refractivity contribution in [3.8, 4) is 5.75 Å². The summed E-state index contributed by atoms with van der Waals surface area (Å²) in [6.45, 7) is 2.85. The monoisotopic (exact) mass is 454 g/mol. The SMILES string of the molecule is COc1ccc2c(c1)nc(C(C)c1ccc(Br)cc1)n2Cc1ccccc1Cl. The quantitative estimate of drug-likeness (QED) is 0.336. The number of hydrogen-bond acceptors (Lipinski definition) is 2. The third-order valence-corrected chi connectivity index (χ3v) is 5.93. The minimum Gasteiger partial charge on any atom is -0.497 e. The van der Waals surface area contributed by atoms with Crippen molar-refractivity contribution in [2.45, 2.75) is 19.4 Å². The standard InChI is InChI=1S/C23H20BrClN2O/c1-15(16-7-9-18(24)10-8-16)23-26-21-13-19(28-2)11-12-22(21)27(23)14-17-5-3-4-6-20(17)25/h3-13,15H,14H2,1-2H3. The van der Waals surface area contributed by atoms with Crippen LogP contribution in [0.1, 0.15) is 29.8 Å². The summed E-state index contributed by atoms with van der Waals surface area (Å²) in [6, 6.07) is 22.4. The molecule has 0 saturated carbocycles. The van der Waals surface area contributed by atoms with Gasteiger partial charge in [-0.25, -0.2) is 4.98 Å². The van der Waals surface area contributed by atoms with Gasteiger partial charge >= 0.3 is 0 Å². The molecular formula is C23H20BrClN2O. The molecule has 142 valence electrons. The Morgan fingerprint density at radius 1 is 1.07 bits per heavy atom. The summed E-state index contributed by atoms with van der Waals surface area (Å²) in [4.78, 5) is 4.97. The van der Waals surface area contributed by atoms with Crippen LogP contribution in [-0.4, -0.2) is 16.7 Å². The number of fused-ring (bicyclic) bond motifs is 1. The fraction of sp³-hybridized carbons (Fsp3) is 0.174. The third-order valence-electron chi connectivity index (χ3n) is 5.03. The van der Waals surface area contributed by atoms with E-state index >= 15 is 0 Å². The summed E-state index contributed by atoms with van der Waals surface area (Å²) >= 11 is 9.96. The zero-order valence-electron chi connectivity index (χ0n) is 15.7. The Balaban J connectivity index is 1.86. The number of imidazole rings is 1. The van der Waals surface area contributed by atoms with Crippen molar-refractivity contribution in [2.75, 3.05) is 7.11 Å². The van der Waals surface area contributed by atoms with E-state index in [0.29, 0.717) is 6.54 Å². The van der Waals surface area contributed by atoms with Crippen LogP contribution >= 0.6 is 27.5 Å². The molecule has 0 fully saturated rings. The highest BCUT2D eigenvalue weighted by atomic mass is 79.9. The number of aromatic nitrogens is 2. The lowest BCUT2D eigenvalue weighted by molar-refractivity contribution is 0.415. The first-order valence-corrected chi connectivity index (χ1v) is 10.3. The summed E-state index contributed by atoms with van der Waals surface area (Å²) in [5, 5.41) is 0.764. The van der Waals surface area contributed by atoms with Crippen LogP contribution in [0.4, 0.5) is 0 Å². The van der Waals surface area contributed by atoms with E-state index < -0.39 is 0 Å². The number of nitrogens with zero attached hydrogens (tertiary/aromatic N) is 2. The largest absolute Gasteiger partial charge is 0.497 e. The van der Waals surface area contributed by atoms with Crippen molar-refractivity contribution >= 4 is 38.6 Å². The smallest absolute Gasteiger partial charge is 0.121 e. The molecule has 0 N–H and O–H groups in total. The van der Waals surface area contributed by atoms with Crippen molar-refractivity contribution in [1.29, 1.82) is 0 Å². The Morgan fingerprint density at radius 3 is 2.54 bits per heavy atom. The molecule has 28 heavy (non-hydrogen) atoms. The van der Waals surface area contributed by atoms with Gasteiger partial charge in [-0.15, -0.1) is 0 Å². The number of rotatable bonds is 5. The number of ether oxygens (including phenoxy) is 1. The fourth-order valence-electron chi connectivity index (χ4n) is 3.45. The van der Waals surface area contributed by atoms with E-state index in [1.165, 1.54) is 5.56 Å². The topological polar surface area (TPSA) is 27.1 Å². The van der Waals surface area contributed by atoms with Crippen LogP contribution in [0.3, 0.4) is 0 Å². The average molecular weight is 456 g/mol.